The molecular formula is C15H19N3OS. The predicted octanol–water partition coefficient (Wildman–Crippen LogP) is 2.96. The van der Waals surface area contributed by atoms with E-state index in [1.807, 2.05) is 38.4 Å². The van der Waals surface area contributed by atoms with Crippen LogP contribution in [0.25, 0.3) is 0 Å². The molecule has 0 spiro atoms. The standard InChI is InChI=1S/C15H19N3OS/c1-10-5-4-8-16-15(10)12(3)18-14(19)7-6-13-11(2)17-9-20-13/h4-5,8-9,12H,6-7H2,1-3H3,(H,18,19)/t12-/m1/s1. The third-order valence-corrected chi connectivity index (χ3v) is 4.26. The number of thiazole rings is 1. The Hall–Kier alpha value is -1.75. The smallest absolute Gasteiger partial charge is 0.220 e. The topological polar surface area (TPSA) is 54.9 Å². The molecule has 0 aliphatic rings. The number of pyridine rings is 1. The summed E-state index contributed by atoms with van der Waals surface area (Å²) in [6.07, 6.45) is 2.99. The van der Waals surface area contributed by atoms with E-state index in [-0.39, 0.29) is 11.9 Å². The predicted molar refractivity (Wildman–Crippen MR) is 80.7 cm³/mol. The van der Waals surface area contributed by atoms with Gasteiger partial charge in [0.2, 0.25) is 5.91 Å². The van der Waals surface area contributed by atoms with Crippen molar-refractivity contribution in [1.82, 2.24) is 15.3 Å². The SMILES string of the molecule is Cc1cccnc1[C@@H](C)NC(=O)CCc1scnc1C. The Kier molecular flexibility index (Phi) is 4.84. The van der Waals surface area contributed by atoms with Gasteiger partial charge < -0.3 is 5.32 Å². The van der Waals surface area contributed by atoms with Crippen LogP contribution in [0.1, 0.15) is 41.2 Å². The van der Waals surface area contributed by atoms with Gasteiger partial charge in [0.1, 0.15) is 0 Å². The molecule has 20 heavy (non-hydrogen) atoms. The highest BCUT2D eigenvalue weighted by molar-refractivity contribution is 7.09. The van der Waals surface area contributed by atoms with Crippen molar-refractivity contribution >= 4 is 17.2 Å². The van der Waals surface area contributed by atoms with Gasteiger partial charge in [-0.15, -0.1) is 11.3 Å². The number of amides is 1. The minimum absolute atomic E-state index is 0.0513. The van der Waals surface area contributed by atoms with E-state index >= 15 is 0 Å². The highest BCUT2D eigenvalue weighted by Crippen LogP contribution is 2.16. The molecule has 1 amide bonds. The summed E-state index contributed by atoms with van der Waals surface area (Å²) in [5, 5.41) is 3.00. The van der Waals surface area contributed by atoms with Gasteiger partial charge in [-0.2, -0.15) is 0 Å². The highest BCUT2D eigenvalue weighted by Gasteiger charge is 2.13. The molecule has 0 saturated carbocycles. The normalized spacial score (nSPS) is 12.2. The van der Waals surface area contributed by atoms with E-state index in [0.29, 0.717) is 6.42 Å². The van der Waals surface area contributed by atoms with Crippen LogP contribution in [0.5, 0.6) is 0 Å². The molecule has 2 aromatic rings. The molecule has 5 heteroatoms. The number of carbonyl (C=O) groups excluding carboxylic acids is 1. The Balaban J connectivity index is 1.88. The van der Waals surface area contributed by atoms with Crippen molar-refractivity contribution in [2.75, 3.05) is 0 Å². The Morgan fingerprint density at radius 2 is 2.20 bits per heavy atom. The van der Waals surface area contributed by atoms with Crippen LogP contribution in [0.2, 0.25) is 0 Å². The van der Waals surface area contributed by atoms with E-state index in [1.54, 1.807) is 17.5 Å². The van der Waals surface area contributed by atoms with Crippen LogP contribution in [-0.2, 0) is 11.2 Å². The van der Waals surface area contributed by atoms with Gasteiger partial charge in [-0.1, -0.05) is 6.07 Å². The lowest BCUT2D eigenvalue weighted by Crippen LogP contribution is -2.27. The number of nitrogens with zero attached hydrogens (tertiary/aromatic N) is 2. The largest absolute Gasteiger partial charge is 0.348 e. The van der Waals surface area contributed by atoms with E-state index < -0.39 is 0 Å². The third-order valence-electron chi connectivity index (χ3n) is 3.26. The van der Waals surface area contributed by atoms with Crippen LogP contribution in [0.3, 0.4) is 0 Å². The van der Waals surface area contributed by atoms with E-state index in [4.69, 9.17) is 0 Å². The molecule has 2 aromatic heterocycles. The summed E-state index contributed by atoms with van der Waals surface area (Å²) in [4.78, 5) is 21.7. The summed E-state index contributed by atoms with van der Waals surface area (Å²) >= 11 is 1.61. The highest BCUT2D eigenvalue weighted by atomic mass is 32.1. The first-order valence-electron chi connectivity index (χ1n) is 6.67. The number of nitrogens with one attached hydrogen (secondary N) is 1. The van der Waals surface area contributed by atoms with Crippen molar-refractivity contribution in [3.05, 3.63) is 45.7 Å². The second-order valence-electron chi connectivity index (χ2n) is 4.86. The molecule has 4 nitrogen and oxygen atoms in total. The van der Waals surface area contributed by atoms with Crippen molar-refractivity contribution in [3.8, 4) is 0 Å². The average Bonchev–Trinajstić information content (AvgIpc) is 2.82. The van der Waals surface area contributed by atoms with Gasteiger partial charge in [0.25, 0.3) is 0 Å². The van der Waals surface area contributed by atoms with Crippen LogP contribution in [0.4, 0.5) is 0 Å². The molecule has 0 radical (unpaired) electrons. The lowest BCUT2D eigenvalue weighted by atomic mass is 10.1. The molecule has 0 saturated heterocycles. The van der Waals surface area contributed by atoms with Crippen molar-refractivity contribution in [3.63, 3.8) is 0 Å². The second kappa shape index (κ2) is 6.61. The summed E-state index contributed by atoms with van der Waals surface area (Å²) in [5.74, 6) is 0.0513. The summed E-state index contributed by atoms with van der Waals surface area (Å²) in [6.45, 7) is 5.94. The van der Waals surface area contributed by atoms with Crippen molar-refractivity contribution in [1.29, 1.82) is 0 Å². The fraction of sp³-hybridized carbons (Fsp3) is 0.400. The van der Waals surface area contributed by atoms with Gasteiger partial charge in [0, 0.05) is 17.5 Å². The summed E-state index contributed by atoms with van der Waals surface area (Å²) in [6, 6.07) is 3.84. The molecule has 0 aliphatic carbocycles. The monoisotopic (exact) mass is 289 g/mol. The van der Waals surface area contributed by atoms with Gasteiger partial charge in [-0.05, 0) is 38.8 Å². The van der Waals surface area contributed by atoms with Crippen LogP contribution in [0.15, 0.2) is 23.8 Å². The van der Waals surface area contributed by atoms with Crippen LogP contribution in [0, 0.1) is 13.8 Å². The summed E-state index contributed by atoms with van der Waals surface area (Å²) in [7, 11) is 0. The van der Waals surface area contributed by atoms with Gasteiger partial charge in [-0.25, -0.2) is 4.98 Å². The third kappa shape index (κ3) is 3.63. The van der Waals surface area contributed by atoms with Crippen LogP contribution in [-0.4, -0.2) is 15.9 Å². The number of aromatic nitrogens is 2. The van der Waals surface area contributed by atoms with E-state index in [2.05, 4.69) is 15.3 Å². The zero-order valence-corrected chi connectivity index (χ0v) is 12.8. The van der Waals surface area contributed by atoms with Crippen molar-refractivity contribution in [2.45, 2.75) is 39.7 Å². The number of hydrogen-bond donors (Lipinski definition) is 1. The van der Waals surface area contributed by atoms with Crippen LogP contribution < -0.4 is 5.32 Å². The number of rotatable bonds is 5. The zero-order chi connectivity index (χ0) is 14.5. The lowest BCUT2D eigenvalue weighted by Gasteiger charge is -2.15. The minimum atomic E-state index is -0.0637. The number of hydrogen-bond acceptors (Lipinski definition) is 4. The molecule has 106 valence electrons. The first kappa shape index (κ1) is 14.7. The first-order valence-corrected chi connectivity index (χ1v) is 7.55. The maximum atomic E-state index is 12.0. The Morgan fingerprint density at radius 3 is 2.85 bits per heavy atom. The molecule has 2 rings (SSSR count). The summed E-state index contributed by atoms with van der Waals surface area (Å²) in [5.41, 5.74) is 4.87. The molecule has 0 aromatic carbocycles. The number of aryl methyl sites for hydroxylation is 3. The molecule has 0 unspecified atom stereocenters. The average molecular weight is 289 g/mol. The molecular weight excluding hydrogens is 270 g/mol. The Morgan fingerprint density at radius 1 is 1.40 bits per heavy atom. The van der Waals surface area contributed by atoms with Crippen molar-refractivity contribution in [2.24, 2.45) is 0 Å². The molecule has 0 aliphatic heterocycles. The fourth-order valence-corrected chi connectivity index (χ4v) is 2.91. The lowest BCUT2D eigenvalue weighted by molar-refractivity contribution is -0.121. The number of carbonyl (C=O) groups is 1. The first-order chi connectivity index (χ1) is 9.58. The minimum Gasteiger partial charge on any atom is -0.348 e. The molecule has 0 fully saturated rings. The van der Waals surface area contributed by atoms with E-state index in [0.717, 1.165) is 23.4 Å². The van der Waals surface area contributed by atoms with Crippen molar-refractivity contribution < 1.29 is 4.79 Å². The maximum absolute atomic E-state index is 12.0. The van der Waals surface area contributed by atoms with Gasteiger partial charge in [0.05, 0.1) is 22.9 Å². The Labute approximate surface area is 123 Å². The fourth-order valence-electron chi connectivity index (χ4n) is 2.13. The quantitative estimate of drug-likeness (QED) is 0.920. The maximum Gasteiger partial charge on any atom is 0.220 e. The molecule has 0 bridgehead atoms. The molecule has 2 heterocycles. The van der Waals surface area contributed by atoms with E-state index in [1.165, 1.54) is 4.88 Å². The molecule has 1 N–H and O–H groups in total. The Bertz CT molecular complexity index is 594. The van der Waals surface area contributed by atoms with E-state index in [9.17, 15) is 4.79 Å². The van der Waals surface area contributed by atoms with Gasteiger partial charge >= 0.3 is 0 Å². The van der Waals surface area contributed by atoms with Crippen LogP contribution >= 0.6 is 11.3 Å². The van der Waals surface area contributed by atoms with Gasteiger partial charge in [-0.3, -0.25) is 9.78 Å². The zero-order valence-electron chi connectivity index (χ0n) is 12.0. The molecule has 1 atom stereocenters. The van der Waals surface area contributed by atoms with Gasteiger partial charge in [0.15, 0.2) is 0 Å². The second-order valence-corrected chi connectivity index (χ2v) is 5.80. The summed E-state index contributed by atoms with van der Waals surface area (Å²) < 4.78 is 0.